The second-order valence-corrected chi connectivity index (χ2v) is 12.0. The van der Waals surface area contributed by atoms with Crippen LogP contribution in [0, 0.1) is 5.82 Å². The molecule has 0 saturated carbocycles. The Morgan fingerprint density at radius 3 is 2.65 bits per heavy atom. The van der Waals surface area contributed by atoms with Gasteiger partial charge >= 0.3 is 6.01 Å². The number of ether oxygens (including phenoxy) is 1. The first kappa shape index (κ1) is 25.8. The summed E-state index contributed by atoms with van der Waals surface area (Å²) in [5, 5.41) is 16.1. The molecule has 212 valence electrons. The number of likely N-dealkylation sites (tertiary alicyclic amines) is 1. The van der Waals surface area contributed by atoms with Crippen molar-refractivity contribution in [2.75, 3.05) is 49.6 Å². The minimum Gasteiger partial charge on any atom is -0.508 e. The van der Waals surface area contributed by atoms with Gasteiger partial charge in [-0.2, -0.15) is 9.97 Å². The van der Waals surface area contributed by atoms with E-state index in [2.05, 4.69) is 27.1 Å². The first-order valence-electron chi connectivity index (χ1n) is 14.9. The fourth-order valence-electron chi connectivity index (χ4n) is 7.32. The van der Waals surface area contributed by atoms with E-state index in [4.69, 9.17) is 14.7 Å². The molecule has 7 rings (SSSR count). The Morgan fingerprint density at radius 1 is 1.07 bits per heavy atom. The van der Waals surface area contributed by atoms with Crippen LogP contribution >= 0.6 is 0 Å². The number of hydrogen-bond donors (Lipinski definition) is 2. The molecule has 9 heteroatoms. The van der Waals surface area contributed by atoms with Gasteiger partial charge in [0.1, 0.15) is 24.0 Å². The van der Waals surface area contributed by atoms with Gasteiger partial charge in [0.15, 0.2) is 0 Å². The van der Waals surface area contributed by atoms with Crippen molar-refractivity contribution in [1.29, 1.82) is 0 Å². The molecule has 0 aliphatic carbocycles. The van der Waals surface area contributed by atoms with Gasteiger partial charge in [0.25, 0.3) is 0 Å². The van der Waals surface area contributed by atoms with Crippen LogP contribution in [0.2, 0.25) is 0 Å². The topological polar surface area (TPSA) is 77.0 Å². The van der Waals surface area contributed by atoms with Crippen LogP contribution in [0.3, 0.4) is 0 Å². The van der Waals surface area contributed by atoms with Gasteiger partial charge in [0.05, 0.1) is 12.2 Å². The summed E-state index contributed by atoms with van der Waals surface area (Å²) >= 11 is 0. The number of anilines is 2. The Hall–Kier alpha value is -3.17. The molecule has 4 aliphatic rings. The Bertz CT molecular complexity index is 1420. The molecular weight excluding hydrogens is 507 g/mol. The number of rotatable bonds is 6. The van der Waals surface area contributed by atoms with Crippen LogP contribution in [0.5, 0.6) is 11.8 Å². The highest BCUT2D eigenvalue weighted by atomic mass is 19.1. The maximum absolute atomic E-state index is 14.9. The van der Waals surface area contributed by atoms with Gasteiger partial charge < -0.3 is 29.9 Å². The third-order valence-electron chi connectivity index (χ3n) is 9.44. The van der Waals surface area contributed by atoms with Crippen LogP contribution in [0.15, 0.2) is 24.3 Å². The van der Waals surface area contributed by atoms with Crippen molar-refractivity contribution >= 4 is 22.3 Å². The number of fused-ring (bicyclic) bond motifs is 4. The highest BCUT2D eigenvalue weighted by molar-refractivity contribution is 5.98. The van der Waals surface area contributed by atoms with Gasteiger partial charge in [-0.25, -0.2) is 4.39 Å². The first-order valence-corrected chi connectivity index (χ1v) is 14.9. The molecule has 2 aromatic carbocycles. The van der Waals surface area contributed by atoms with E-state index < -0.39 is 0 Å². The van der Waals surface area contributed by atoms with Gasteiger partial charge in [-0.15, -0.1) is 0 Å². The monoisotopic (exact) mass is 546 g/mol. The minimum atomic E-state index is -0.204. The summed E-state index contributed by atoms with van der Waals surface area (Å²) in [5.41, 5.74) is 3.69. The van der Waals surface area contributed by atoms with Gasteiger partial charge in [-0.3, -0.25) is 0 Å². The number of phenolic OH excluding ortho intramolecular Hbond substituents is 1. The van der Waals surface area contributed by atoms with E-state index in [1.165, 1.54) is 30.9 Å². The lowest BCUT2D eigenvalue weighted by Gasteiger charge is -2.37. The first-order chi connectivity index (χ1) is 19.5. The van der Waals surface area contributed by atoms with Crippen LogP contribution in [0.1, 0.15) is 49.4 Å². The fraction of sp³-hybridized carbons (Fsp3) is 0.548. The molecule has 3 atom stereocenters. The van der Waals surface area contributed by atoms with Gasteiger partial charge in [-0.05, 0) is 75.2 Å². The largest absolute Gasteiger partial charge is 0.508 e. The summed E-state index contributed by atoms with van der Waals surface area (Å²) < 4.78 is 21.2. The maximum atomic E-state index is 14.9. The molecule has 1 aromatic heterocycles. The molecule has 40 heavy (non-hydrogen) atoms. The van der Waals surface area contributed by atoms with Crippen LogP contribution in [0.4, 0.5) is 15.9 Å². The molecule has 3 aromatic rings. The number of nitrogens with zero attached hydrogens (tertiary/aromatic N) is 5. The lowest BCUT2D eigenvalue weighted by molar-refractivity contribution is 0.187. The number of benzene rings is 2. The second kappa shape index (κ2) is 10.3. The summed E-state index contributed by atoms with van der Waals surface area (Å²) in [6.45, 7) is 6.86. The van der Waals surface area contributed by atoms with Gasteiger partial charge in [0, 0.05) is 60.5 Å². The number of piperazine rings is 1. The number of aromatic nitrogens is 2. The summed E-state index contributed by atoms with van der Waals surface area (Å²) in [7, 11) is 2.15. The van der Waals surface area contributed by atoms with Gasteiger partial charge in [-0.1, -0.05) is 13.0 Å². The third-order valence-corrected chi connectivity index (χ3v) is 9.44. The Kier molecular flexibility index (Phi) is 6.66. The predicted octanol–water partition coefficient (Wildman–Crippen LogP) is 4.01. The zero-order valence-corrected chi connectivity index (χ0v) is 23.5. The highest BCUT2D eigenvalue weighted by Crippen LogP contribution is 2.39. The van der Waals surface area contributed by atoms with E-state index in [0.717, 1.165) is 67.0 Å². The van der Waals surface area contributed by atoms with Gasteiger partial charge in [0.2, 0.25) is 0 Å². The molecule has 2 unspecified atom stereocenters. The van der Waals surface area contributed by atoms with E-state index in [1.54, 1.807) is 18.2 Å². The average Bonchev–Trinajstić information content (AvgIpc) is 3.53. The molecule has 5 heterocycles. The van der Waals surface area contributed by atoms with Crippen molar-refractivity contribution in [3.8, 4) is 11.8 Å². The van der Waals surface area contributed by atoms with E-state index in [-0.39, 0.29) is 11.6 Å². The predicted molar refractivity (Wildman–Crippen MR) is 155 cm³/mol. The molecule has 3 saturated heterocycles. The highest BCUT2D eigenvalue weighted by Gasteiger charge is 2.35. The summed E-state index contributed by atoms with van der Waals surface area (Å²) in [4.78, 5) is 17.0. The van der Waals surface area contributed by atoms with Crippen LogP contribution < -0.4 is 19.9 Å². The van der Waals surface area contributed by atoms with Crippen molar-refractivity contribution in [2.45, 2.75) is 70.1 Å². The number of likely N-dealkylation sites (N-methyl/N-ethyl adjacent to an activating group) is 1. The number of halogens is 1. The lowest BCUT2D eigenvalue weighted by atomic mass is 9.97. The Morgan fingerprint density at radius 2 is 1.90 bits per heavy atom. The van der Waals surface area contributed by atoms with E-state index >= 15 is 0 Å². The summed E-state index contributed by atoms with van der Waals surface area (Å²) in [5.74, 6) is 0.995. The van der Waals surface area contributed by atoms with E-state index in [1.807, 2.05) is 6.92 Å². The summed E-state index contributed by atoms with van der Waals surface area (Å²) in [6.07, 6.45) is 6.10. The van der Waals surface area contributed by atoms with Crippen LogP contribution in [-0.4, -0.2) is 77.9 Å². The van der Waals surface area contributed by atoms with Crippen LogP contribution in [-0.2, 0) is 19.4 Å². The third kappa shape index (κ3) is 4.63. The molecule has 4 aliphatic heterocycles. The fourth-order valence-corrected chi connectivity index (χ4v) is 7.32. The Balaban J connectivity index is 1.26. The quantitative estimate of drug-likeness (QED) is 0.480. The SMILES string of the molecule is CCc1c(F)ccc2cc(O)cc(N3CCc4c(nc(OC[C@@H]5CCCN5C)nc4N4CC5CCC(C4)N5)C3)c12. The molecule has 2 bridgehead atoms. The molecule has 8 nitrogen and oxygen atoms in total. The van der Waals surface area contributed by atoms with Crippen molar-refractivity contribution in [3.63, 3.8) is 0 Å². The number of hydrogen-bond acceptors (Lipinski definition) is 8. The smallest absolute Gasteiger partial charge is 0.318 e. The number of aryl methyl sites for hydroxylation is 1. The minimum absolute atomic E-state index is 0.186. The molecule has 2 N–H and O–H groups in total. The Labute approximate surface area is 235 Å². The average molecular weight is 547 g/mol. The van der Waals surface area contributed by atoms with E-state index in [0.29, 0.717) is 49.3 Å². The number of nitrogens with one attached hydrogen (secondary N) is 1. The lowest BCUT2D eigenvalue weighted by Crippen LogP contribution is -2.52. The van der Waals surface area contributed by atoms with E-state index in [9.17, 15) is 9.50 Å². The maximum Gasteiger partial charge on any atom is 0.318 e. The van der Waals surface area contributed by atoms with Crippen molar-refractivity contribution < 1.29 is 14.2 Å². The zero-order chi connectivity index (χ0) is 27.4. The standard InChI is InChI=1S/C31H39FN6O2/c1-3-24-26(32)9-6-19-13-23(39)14-28(29(19)24)37-12-10-25-27(17-37)34-31(40-18-22-5-4-11-36(22)2)35-30(25)38-15-20-7-8-21(16-38)33-20/h6,9,13-14,20-22,33,39H,3-5,7-8,10-12,15-18H2,1-2H3/t20?,21?,22-/m0/s1. The number of aromatic hydroxyl groups is 1. The molecule has 0 radical (unpaired) electrons. The molecule has 0 spiro atoms. The zero-order valence-electron chi connectivity index (χ0n) is 23.5. The van der Waals surface area contributed by atoms with Crippen molar-refractivity contribution in [1.82, 2.24) is 20.2 Å². The molecular formula is C31H39FN6O2. The van der Waals surface area contributed by atoms with Crippen molar-refractivity contribution in [3.05, 3.63) is 46.9 Å². The molecule has 3 fully saturated rings. The molecule has 0 amide bonds. The normalized spacial score (nSPS) is 24.6. The summed E-state index contributed by atoms with van der Waals surface area (Å²) in [6, 6.07) is 8.59. The van der Waals surface area contributed by atoms with Crippen LogP contribution in [0.25, 0.3) is 10.8 Å². The number of phenols is 1. The van der Waals surface area contributed by atoms with Crippen molar-refractivity contribution in [2.24, 2.45) is 0 Å². The second-order valence-electron chi connectivity index (χ2n) is 12.0.